The molecule has 1 atom stereocenters. The summed E-state index contributed by atoms with van der Waals surface area (Å²) in [5, 5.41) is 10.4. The van der Waals surface area contributed by atoms with Crippen LogP contribution in [-0.4, -0.2) is 44.7 Å². The van der Waals surface area contributed by atoms with Crippen molar-refractivity contribution in [3.8, 4) is 0 Å². The number of carbonyl (C=O) groups is 3. The Morgan fingerprint density at radius 1 is 1.28 bits per heavy atom. The van der Waals surface area contributed by atoms with Gasteiger partial charge in [-0.05, 0) is 32.4 Å². The number of aliphatic carboxylic acids is 1. The summed E-state index contributed by atoms with van der Waals surface area (Å²) in [6.07, 6.45) is 0.120. The number of para-hydroxylation sites is 1. The van der Waals surface area contributed by atoms with Crippen molar-refractivity contribution in [2.75, 3.05) is 0 Å². The monoisotopic (exact) mass is 344 g/mol. The van der Waals surface area contributed by atoms with Gasteiger partial charge in [-0.1, -0.05) is 18.2 Å². The Bertz CT molecular complexity index is 862. The molecule has 0 saturated heterocycles. The number of fused-ring (bicyclic) bond motifs is 3. The van der Waals surface area contributed by atoms with Crippen molar-refractivity contribution >= 4 is 29.4 Å². The van der Waals surface area contributed by atoms with Crippen LogP contribution in [0.2, 0.25) is 0 Å². The van der Waals surface area contributed by atoms with Gasteiger partial charge >= 0.3 is 12.1 Å². The number of amides is 1. The van der Waals surface area contributed by atoms with Gasteiger partial charge in [-0.2, -0.15) is 0 Å². The fourth-order valence-electron chi connectivity index (χ4n) is 3.21. The topological polar surface area (TPSA) is 88.8 Å². The maximum atomic E-state index is 12.5. The predicted molar refractivity (Wildman–Crippen MR) is 91.0 cm³/mol. The molecule has 1 amide bonds. The number of carbonyl (C=O) groups excluding carboxylic acids is 2. The molecule has 25 heavy (non-hydrogen) atoms. The van der Waals surface area contributed by atoms with E-state index in [2.05, 4.69) is 0 Å². The summed E-state index contributed by atoms with van der Waals surface area (Å²) in [7, 11) is 0. The molecule has 1 N–H and O–H groups in total. The Morgan fingerprint density at radius 3 is 2.56 bits per heavy atom. The van der Waals surface area contributed by atoms with Crippen LogP contribution in [0.1, 0.15) is 32.0 Å². The van der Waals surface area contributed by atoms with Crippen LogP contribution >= 0.6 is 0 Å². The molecule has 7 nitrogen and oxygen atoms in total. The predicted octanol–water partition coefficient (Wildman–Crippen LogP) is 2.43. The fourth-order valence-corrected chi connectivity index (χ4v) is 3.21. The zero-order valence-corrected chi connectivity index (χ0v) is 14.4. The number of aromatic nitrogens is 1. The first-order chi connectivity index (χ1) is 11.7. The number of hydrogen-bond donors (Lipinski definition) is 1. The van der Waals surface area contributed by atoms with E-state index in [9.17, 15) is 19.5 Å². The molecule has 132 valence electrons. The Morgan fingerprint density at radius 2 is 1.96 bits per heavy atom. The molecule has 0 spiro atoms. The quantitative estimate of drug-likeness (QED) is 0.845. The van der Waals surface area contributed by atoms with Gasteiger partial charge in [0, 0.05) is 17.5 Å². The first kappa shape index (κ1) is 17.0. The second kappa shape index (κ2) is 5.91. The molecule has 0 bridgehead atoms. The van der Waals surface area contributed by atoms with Gasteiger partial charge in [-0.25, -0.2) is 9.59 Å². The molecule has 2 heterocycles. The Kier molecular flexibility index (Phi) is 4.02. The van der Waals surface area contributed by atoms with Gasteiger partial charge < -0.3 is 9.84 Å². The third-order valence-electron chi connectivity index (χ3n) is 4.24. The highest BCUT2D eigenvalue weighted by molar-refractivity contribution is 5.92. The molecule has 0 unspecified atom stereocenters. The van der Waals surface area contributed by atoms with Crippen LogP contribution in [0.3, 0.4) is 0 Å². The van der Waals surface area contributed by atoms with Crippen LogP contribution in [0.15, 0.2) is 24.3 Å². The number of hydrogen-bond acceptors (Lipinski definition) is 4. The molecule has 1 aromatic carbocycles. The van der Waals surface area contributed by atoms with Gasteiger partial charge in [0.25, 0.3) is 0 Å². The molecule has 1 aliphatic rings. The summed E-state index contributed by atoms with van der Waals surface area (Å²) < 4.78 is 6.82. The van der Waals surface area contributed by atoms with Crippen molar-refractivity contribution in [1.29, 1.82) is 0 Å². The van der Waals surface area contributed by atoms with Crippen LogP contribution in [0, 0.1) is 0 Å². The van der Waals surface area contributed by atoms with E-state index in [1.54, 1.807) is 26.8 Å². The van der Waals surface area contributed by atoms with E-state index >= 15 is 0 Å². The molecule has 3 rings (SSSR count). The van der Waals surface area contributed by atoms with Crippen molar-refractivity contribution in [2.45, 2.75) is 45.4 Å². The molecule has 0 saturated carbocycles. The molecular weight excluding hydrogens is 324 g/mol. The molecule has 7 heteroatoms. The largest absolute Gasteiger partial charge is 0.480 e. The van der Waals surface area contributed by atoms with Gasteiger partial charge in [-0.15, -0.1) is 0 Å². The van der Waals surface area contributed by atoms with E-state index in [1.807, 2.05) is 18.2 Å². The summed E-state index contributed by atoms with van der Waals surface area (Å²) in [5.74, 6) is -1.10. The number of nitrogens with zero attached hydrogens (tertiary/aromatic N) is 2. The first-order valence-corrected chi connectivity index (χ1v) is 8.01. The zero-order chi connectivity index (χ0) is 18.4. The highest BCUT2D eigenvalue weighted by Crippen LogP contribution is 2.33. The maximum Gasteiger partial charge on any atom is 0.411 e. The van der Waals surface area contributed by atoms with Crippen molar-refractivity contribution in [2.24, 2.45) is 0 Å². The first-order valence-electron chi connectivity index (χ1n) is 8.01. The van der Waals surface area contributed by atoms with E-state index in [1.165, 1.54) is 9.47 Å². The summed E-state index contributed by atoms with van der Waals surface area (Å²) in [6.45, 7) is 5.17. The van der Waals surface area contributed by atoms with Crippen LogP contribution in [0.4, 0.5) is 4.79 Å². The summed E-state index contributed by atoms with van der Waals surface area (Å²) in [5.41, 5.74) is 1.38. The third-order valence-corrected chi connectivity index (χ3v) is 4.24. The molecule has 1 aliphatic heterocycles. The number of carboxylic acids is 1. The van der Waals surface area contributed by atoms with E-state index in [0.717, 1.165) is 10.9 Å². The molecule has 1 aromatic heterocycles. The van der Waals surface area contributed by atoms with E-state index in [0.29, 0.717) is 17.6 Å². The van der Waals surface area contributed by atoms with Crippen LogP contribution < -0.4 is 0 Å². The summed E-state index contributed by atoms with van der Waals surface area (Å²) in [6, 6.07) is 6.28. The smallest absolute Gasteiger partial charge is 0.411 e. The minimum absolute atomic E-state index is 0.00856. The Balaban J connectivity index is 2.09. The number of benzene rings is 1. The lowest BCUT2D eigenvalue weighted by Gasteiger charge is -2.34. The van der Waals surface area contributed by atoms with Gasteiger partial charge in [-0.3, -0.25) is 14.3 Å². The molecule has 2 aromatic rings. The van der Waals surface area contributed by atoms with E-state index in [4.69, 9.17) is 4.74 Å². The second-order valence-corrected chi connectivity index (χ2v) is 7.08. The normalized spacial score (nSPS) is 17.2. The van der Waals surface area contributed by atoms with Crippen LogP contribution in [0.25, 0.3) is 10.9 Å². The zero-order valence-electron chi connectivity index (χ0n) is 14.4. The highest BCUT2D eigenvalue weighted by Gasteiger charge is 2.39. The van der Waals surface area contributed by atoms with Gasteiger partial charge in [0.1, 0.15) is 11.6 Å². The molecule has 0 radical (unpaired) electrons. The fraction of sp³-hybridized carbons (Fsp3) is 0.389. The lowest BCUT2D eigenvalue weighted by atomic mass is 9.97. The second-order valence-electron chi connectivity index (χ2n) is 7.08. The number of carboxylic acid groups (broad SMARTS) is 1. The van der Waals surface area contributed by atoms with Crippen LogP contribution in [0.5, 0.6) is 0 Å². The average Bonchev–Trinajstić information content (AvgIpc) is 2.84. The maximum absolute atomic E-state index is 12.5. The van der Waals surface area contributed by atoms with Crippen LogP contribution in [-0.2, 0) is 27.3 Å². The third kappa shape index (κ3) is 2.97. The Labute approximate surface area is 144 Å². The minimum atomic E-state index is -1.10. The summed E-state index contributed by atoms with van der Waals surface area (Å²) >= 11 is 0. The Hall–Kier alpha value is -2.83. The lowest BCUT2D eigenvalue weighted by molar-refractivity contribution is -0.143. The van der Waals surface area contributed by atoms with Gasteiger partial charge in [0.05, 0.1) is 12.1 Å². The average molecular weight is 344 g/mol. The van der Waals surface area contributed by atoms with Crippen molar-refractivity contribution in [3.05, 3.63) is 35.5 Å². The lowest BCUT2D eigenvalue weighted by Crippen LogP contribution is -2.50. The minimum Gasteiger partial charge on any atom is -0.480 e. The van der Waals surface area contributed by atoms with E-state index in [-0.39, 0.29) is 13.0 Å². The number of rotatable bonds is 2. The summed E-state index contributed by atoms with van der Waals surface area (Å²) in [4.78, 5) is 37.0. The molecule has 0 aliphatic carbocycles. The van der Waals surface area contributed by atoms with Crippen molar-refractivity contribution < 1.29 is 24.2 Å². The highest BCUT2D eigenvalue weighted by atomic mass is 16.6. The van der Waals surface area contributed by atoms with Crippen molar-refractivity contribution in [1.82, 2.24) is 9.47 Å². The molecule has 0 fully saturated rings. The van der Waals surface area contributed by atoms with Gasteiger partial charge in [0.2, 0.25) is 6.41 Å². The van der Waals surface area contributed by atoms with Crippen molar-refractivity contribution in [3.63, 3.8) is 0 Å². The van der Waals surface area contributed by atoms with E-state index < -0.39 is 23.7 Å². The molecular formula is C18H20N2O5. The number of ether oxygens (including phenoxy) is 1. The van der Waals surface area contributed by atoms with Gasteiger partial charge in [0.15, 0.2) is 0 Å². The standard InChI is InChI=1S/C18H20N2O5/c1-18(2,3)25-17(24)19-9-15-12(8-14(19)16(22)23)11-6-4-5-7-13(11)20(15)10-21/h4-7,10,14H,8-9H2,1-3H3,(H,22,23)/t14-/m0/s1. The SMILES string of the molecule is CC(C)(C)OC(=O)N1Cc2c(c3ccccc3n2C=O)C[C@H]1C(=O)O.